The van der Waals surface area contributed by atoms with E-state index < -0.39 is 16.9 Å². The number of carbonyl (C=O) groups excluding carboxylic acids is 1. The first-order chi connectivity index (χ1) is 9.77. The van der Waals surface area contributed by atoms with Crippen LogP contribution in [-0.2, 0) is 4.79 Å². The zero-order valence-electron chi connectivity index (χ0n) is 10.2. The van der Waals surface area contributed by atoms with Crippen LogP contribution in [0.1, 0.15) is 0 Å². The summed E-state index contributed by atoms with van der Waals surface area (Å²) in [4.78, 5) is 20.9. The average Bonchev–Trinajstić information content (AvgIpc) is 2.58. The molecule has 0 aromatic heterocycles. The summed E-state index contributed by atoms with van der Waals surface area (Å²) in [6.45, 7) is 0. The lowest BCUT2D eigenvalue weighted by Crippen LogP contribution is -2.21. The van der Waals surface area contributed by atoms with Crippen molar-refractivity contribution in [1.82, 2.24) is 0 Å². The molecule has 110 valence electrons. The van der Waals surface area contributed by atoms with Crippen molar-refractivity contribution in [2.24, 2.45) is 0 Å². The molecule has 0 aliphatic carbocycles. The Bertz CT molecular complexity index is 665. The lowest BCUT2D eigenvalue weighted by Gasteiger charge is -2.08. The van der Waals surface area contributed by atoms with Gasteiger partial charge in [0.2, 0.25) is 0 Å². The Labute approximate surface area is 115 Å². The first kappa shape index (κ1) is 14.6. The van der Waals surface area contributed by atoms with E-state index >= 15 is 0 Å². The summed E-state index contributed by atoms with van der Waals surface area (Å²) in [5.41, 5.74) is -0.181. The molecule has 6 nitrogen and oxygen atoms in total. The second-order valence-electron chi connectivity index (χ2n) is 3.94. The van der Waals surface area contributed by atoms with Crippen LogP contribution in [0.3, 0.4) is 0 Å². The van der Waals surface area contributed by atoms with Crippen LogP contribution in [0.4, 0.5) is 24.5 Å². The number of anilines is 1. The first-order valence-electron chi connectivity index (χ1n) is 5.49. The third-order valence-corrected chi connectivity index (χ3v) is 2.46. The Hall–Kier alpha value is -2.84. The summed E-state index contributed by atoms with van der Waals surface area (Å²) < 4.78 is 41.6. The van der Waals surface area contributed by atoms with E-state index in [1.165, 1.54) is 6.07 Å². The van der Waals surface area contributed by atoms with Gasteiger partial charge in [-0.25, -0.2) is 0 Å². The normalized spacial score (nSPS) is 15.7. The smallest absolute Gasteiger partial charge is 0.454 e. The molecular formula is C12H7F3N2O4. The Balaban J connectivity index is 2.31. The van der Waals surface area contributed by atoms with E-state index in [0.29, 0.717) is 6.08 Å². The molecule has 2 rings (SSSR count). The zero-order valence-corrected chi connectivity index (χ0v) is 10.2. The van der Waals surface area contributed by atoms with Crippen molar-refractivity contribution in [2.75, 3.05) is 5.32 Å². The van der Waals surface area contributed by atoms with Gasteiger partial charge in [0.15, 0.2) is 5.75 Å². The SMILES string of the molecule is O=C(/C=C1/C=COc2cc([N+](=O)[O-])ccc2N1)C(F)(F)F. The average molecular weight is 300 g/mol. The molecule has 1 aromatic rings. The van der Waals surface area contributed by atoms with Gasteiger partial charge in [-0.05, 0) is 12.1 Å². The summed E-state index contributed by atoms with van der Waals surface area (Å²) in [5.74, 6) is -1.97. The van der Waals surface area contributed by atoms with Gasteiger partial charge >= 0.3 is 6.18 Å². The van der Waals surface area contributed by atoms with Crippen molar-refractivity contribution >= 4 is 17.2 Å². The molecule has 1 aromatic carbocycles. The molecule has 0 fully saturated rings. The number of nitro groups is 1. The standard InChI is InChI=1S/C12H7F3N2O4/c13-12(14,15)11(18)5-7-3-4-21-10-6-8(17(19)20)1-2-9(10)16-7/h1-6,16H/b7-5-. The fourth-order valence-corrected chi connectivity index (χ4v) is 1.51. The molecule has 1 aliphatic heterocycles. The molecule has 9 heteroatoms. The molecule has 1 N–H and O–H groups in total. The molecule has 1 aliphatic rings. The number of ether oxygens (including phenoxy) is 1. The van der Waals surface area contributed by atoms with Crippen molar-refractivity contribution in [3.8, 4) is 5.75 Å². The van der Waals surface area contributed by atoms with Crippen LogP contribution in [0.15, 0.2) is 42.3 Å². The number of ketones is 1. The number of hydrogen-bond donors (Lipinski definition) is 1. The van der Waals surface area contributed by atoms with Crippen LogP contribution in [0.2, 0.25) is 0 Å². The third-order valence-electron chi connectivity index (χ3n) is 2.46. The lowest BCUT2D eigenvalue weighted by molar-refractivity contribution is -0.384. The molecule has 0 radical (unpaired) electrons. The highest BCUT2D eigenvalue weighted by Crippen LogP contribution is 2.32. The summed E-state index contributed by atoms with van der Waals surface area (Å²) in [5, 5.41) is 13.2. The lowest BCUT2D eigenvalue weighted by atomic mass is 10.2. The maximum Gasteiger partial charge on any atom is 0.454 e. The number of allylic oxidation sites excluding steroid dienone is 2. The van der Waals surface area contributed by atoms with Gasteiger partial charge in [0.25, 0.3) is 11.5 Å². The Morgan fingerprint density at radius 2 is 2.10 bits per heavy atom. The van der Waals surface area contributed by atoms with Crippen molar-refractivity contribution in [3.63, 3.8) is 0 Å². The number of alkyl halides is 3. The van der Waals surface area contributed by atoms with Crippen molar-refractivity contribution in [2.45, 2.75) is 6.18 Å². The van der Waals surface area contributed by atoms with E-state index in [1.54, 1.807) is 0 Å². The number of rotatable bonds is 2. The minimum Gasteiger partial charge on any atom is -0.462 e. The second-order valence-corrected chi connectivity index (χ2v) is 3.94. The fourth-order valence-electron chi connectivity index (χ4n) is 1.51. The molecule has 0 unspecified atom stereocenters. The van der Waals surface area contributed by atoms with Gasteiger partial charge in [0.1, 0.15) is 0 Å². The van der Waals surface area contributed by atoms with E-state index in [4.69, 9.17) is 4.74 Å². The van der Waals surface area contributed by atoms with Crippen LogP contribution >= 0.6 is 0 Å². The van der Waals surface area contributed by atoms with Gasteiger partial charge in [0, 0.05) is 17.8 Å². The van der Waals surface area contributed by atoms with Gasteiger partial charge in [-0.3, -0.25) is 14.9 Å². The third kappa shape index (κ3) is 3.38. The predicted octanol–water partition coefficient (Wildman–Crippen LogP) is 2.93. The number of halogens is 3. The number of hydrogen-bond acceptors (Lipinski definition) is 5. The molecule has 0 amide bonds. The molecule has 0 saturated heterocycles. The molecule has 1 heterocycles. The highest BCUT2D eigenvalue weighted by atomic mass is 19.4. The molecular weight excluding hydrogens is 293 g/mol. The highest BCUT2D eigenvalue weighted by molar-refractivity contribution is 5.95. The molecule has 0 atom stereocenters. The summed E-state index contributed by atoms with van der Waals surface area (Å²) in [7, 11) is 0. The van der Waals surface area contributed by atoms with E-state index in [2.05, 4.69) is 5.32 Å². The predicted molar refractivity (Wildman–Crippen MR) is 65.6 cm³/mol. The molecule has 21 heavy (non-hydrogen) atoms. The van der Waals surface area contributed by atoms with Gasteiger partial charge in [-0.15, -0.1) is 0 Å². The van der Waals surface area contributed by atoms with Crippen molar-refractivity contribution < 1.29 is 27.6 Å². The molecule has 0 saturated carbocycles. The highest BCUT2D eigenvalue weighted by Gasteiger charge is 2.36. The van der Waals surface area contributed by atoms with E-state index in [1.807, 2.05) is 0 Å². The van der Waals surface area contributed by atoms with Crippen LogP contribution in [0.25, 0.3) is 0 Å². The van der Waals surface area contributed by atoms with Crippen LogP contribution in [0.5, 0.6) is 5.75 Å². The minimum atomic E-state index is -4.98. The monoisotopic (exact) mass is 300 g/mol. The van der Waals surface area contributed by atoms with Gasteiger partial charge in [-0.2, -0.15) is 13.2 Å². The van der Waals surface area contributed by atoms with Gasteiger partial charge in [0.05, 0.1) is 22.9 Å². The Kier molecular flexibility index (Phi) is 3.66. The number of fused-ring (bicyclic) bond motifs is 1. The number of nitrogens with one attached hydrogen (secondary N) is 1. The second kappa shape index (κ2) is 5.27. The summed E-state index contributed by atoms with van der Waals surface area (Å²) >= 11 is 0. The van der Waals surface area contributed by atoms with Gasteiger partial charge < -0.3 is 10.1 Å². The zero-order chi connectivity index (χ0) is 15.6. The van der Waals surface area contributed by atoms with Crippen LogP contribution in [0, 0.1) is 10.1 Å². The van der Waals surface area contributed by atoms with E-state index in [0.717, 1.165) is 24.5 Å². The summed E-state index contributed by atoms with van der Waals surface area (Å²) in [6, 6.07) is 3.54. The number of nitrogens with zero attached hydrogens (tertiary/aromatic N) is 1. The Morgan fingerprint density at radius 1 is 1.38 bits per heavy atom. The van der Waals surface area contributed by atoms with Crippen molar-refractivity contribution in [3.05, 3.63) is 52.4 Å². The van der Waals surface area contributed by atoms with Crippen molar-refractivity contribution in [1.29, 1.82) is 0 Å². The number of carbonyl (C=O) groups is 1. The first-order valence-corrected chi connectivity index (χ1v) is 5.49. The number of benzene rings is 1. The topological polar surface area (TPSA) is 81.5 Å². The fraction of sp³-hybridized carbons (Fsp3) is 0.0833. The molecule has 0 bridgehead atoms. The van der Waals surface area contributed by atoms with E-state index in [9.17, 15) is 28.1 Å². The maximum absolute atomic E-state index is 12.2. The number of nitro benzene ring substituents is 1. The largest absolute Gasteiger partial charge is 0.462 e. The van der Waals surface area contributed by atoms with Crippen LogP contribution in [-0.4, -0.2) is 16.9 Å². The molecule has 0 spiro atoms. The van der Waals surface area contributed by atoms with Crippen LogP contribution < -0.4 is 10.1 Å². The maximum atomic E-state index is 12.2. The minimum absolute atomic E-state index is 0.0586. The summed E-state index contributed by atoms with van der Waals surface area (Å²) in [6.07, 6.45) is -2.47. The number of non-ortho nitro benzene ring substituents is 1. The Morgan fingerprint density at radius 3 is 2.71 bits per heavy atom. The van der Waals surface area contributed by atoms with Gasteiger partial charge in [-0.1, -0.05) is 0 Å². The van der Waals surface area contributed by atoms with E-state index in [-0.39, 0.29) is 22.8 Å². The quantitative estimate of drug-likeness (QED) is 0.516.